The minimum absolute atomic E-state index is 0.187. The smallest absolute Gasteiger partial charge is 0.122 e. The van der Waals surface area contributed by atoms with Crippen LogP contribution in [0.3, 0.4) is 0 Å². The highest BCUT2D eigenvalue weighted by Gasteiger charge is 2.23. The molecule has 0 spiro atoms. The van der Waals surface area contributed by atoms with Crippen LogP contribution < -0.4 is 5.73 Å². The molecule has 1 heterocycles. The van der Waals surface area contributed by atoms with E-state index in [4.69, 9.17) is 5.73 Å². The van der Waals surface area contributed by atoms with Gasteiger partial charge < -0.3 is 5.73 Å². The van der Waals surface area contributed by atoms with Gasteiger partial charge in [-0.1, -0.05) is 20.8 Å². The number of hydrogen-bond donors (Lipinski definition) is 1. The van der Waals surface area contributed by atoms with Crippen molar-refractivity contribution in [3.8, 4) is 0 Å². The summed E-state index contributed by atoms with van der Waals surface area (Å²) in [4.78, 5) is 0. The number of nitrogens with two attached hydrogens (primary N) is 1. The second kappa shape index (κ2) is 3.05. The Labute approximate surface area is 79.9 Å². The predicted octanol–water partition coefficient (Wildman–Crippen LogP) is 2.38. The van der Waals surface area contributed by atoms with Gasteiger partial charge in [-0.05, 0) is 19.3 Å². The number of nitrogen functional groups attached to an aromatic ring is 1. The average Bonchev–Trinajstić information content (AvgIpc) is 2.26. The number of rotatable bonds is 1. The van der Waals surface area contributed by atoms with Gasteiger partial charge in [-0.15, -0.1) is 0 Å². The third kappa shape index (κ3) is 2.02. The fourth-order valence-corrected chi connectivity index (χ4v) is 1.21. The van der Waals surface area contributed by atoms with Gasteiger partial charge >= 0.3 is 0 Å². The zero-order chi connectivity index (χ0) is 10.2. The first-order chi connectivity index (χ1) is 5.82. The third-order valence-corrected chi connectivity index (χ3v) is 2.51. The van der Waals surface area contributed by atoms with Crippen LogP contribution in [0.4, 0.5) is 5.82 Å². The molecule has 1 aromatic rings. The van der Waals surface area contributed by atoms with Crippen LogP contribution in [0.2, 0.25) is 0 Å². The Morgan fingerprint density at radius 3 is 2.31 bits per heavy atom. The molecule has 0 radical (unpaired) electrons. The van der Waals surface area contributed by atoms with Gasteiger partial charge in [-0.3, -0.25) is 0 Å². The van der Waals surface area contributed by atoms with Crippen LogP contribution in [-0.2, 0) is 0 Å². The summed E-state index contributed by atoms with van der Waals surface area (Å²) in [5, 5.41) is 4.37. The van der Waals surface area contributed by atoms with Crippen molar-refractivity contribution in [3.05, 3.63) is 11.8 Å². The molecule has 74 valence electrons. The zero-order valence-corrected chi connectivity index (χ0v) is 9.13. The van der Waals surface area contributed by atoms with Gasteiger partial charge in [0.2, 0.25) is 0 Å². The Balaban J connectivity index is 3.01. The lowest BCUT2D eigenvalue weighted by Crippen LogP contribution is -2.23. The topological polar surface area (TPSA) is 43.8 Å². The molecule has 1 atom stereocenters. The van der Waals surface area contributed by atoms with Crippen LogP contribution in [-0.4, -0.2) is 9.78 Å². The molecule has 0 aliphatic rings. The summed E-state index contributed by atoms with van der Waals surface area (Å²) in [6.45, 7) is 10.7. The molecule has 0 saturated carbocycles. The summed E-state index contributed by atoms with van der Waals surface area (Å²) < 4.78 is 1.90. The Hall–Kier alpha value is -0.990. The van der Waals surface area contributed by atoms with E-state index in [0.717, 1.165) is 11.5 Å². The highest BCUT2D eigenvalue weighted by atomic mass is 15.3. The quantitative estimate of drug-likeness (QED) is 0.723. The standard InChI is InChI=1S/C10H19N3/c1-7-6-9(11)13(12-7)8(2)10(3,4)5/h6,8H,11H2,1-5H3. The summed E-state index contributed by atoms with van der Waals surface area (Å²) >= 11 is 0. The SMILES string of the molecule is Cc1cc(N)n(C(C)C(C)(C)C)n1. The van der Waals surface area contributed by atoms with E-state index < -0.39 is 0 Å². The number of aryl methyl sites for hydroxylation is 1. The molecule has 1 unspecified atom stereocenters. The first-order valence-corrected chi connectivity index (χ1v) is 4.64. The number of hydrogen-bond acceptors (Lipinski definition) is 2. The van der Waals surface area contributed by atoms with Crippen molar-refractivity contribution >= 4 is 5.82 Å². The van der Waals surface area contributed by atoms with Crippen molar-refractivity contribution in [3.63, 3.8) is 0 Å². The van der Waals surface area contributed by atoms with Gasteiger partial charge in [0, 0.05) is 6.07 Å². The molecule has 0 bridgehead atoms. The molecule has 13 heavy (non-hydrogen) atoms. The molecule has 0 fully saturated rings. The monoisotopic (exact) mass is 181 g/mol. The summed E-state index contributed by atoms with van der Waals surface area (Å²) in [6.07, 6.45) is 0. The second-order valence-corrected chi connectivity index (χ2v) is 4.70. The van der Waals surface area contributed by atoms with Crippen LogP contribution >= 0.6 is 0 Å². The number of anilines is 1. The molecule has 1 aromatic heterocycles. The Kier molecular flexibility index (Phi) is 2.37. The Bertz CT molecular complexity index is 294. The van der Waals surface area contributed by atoms with Gasteiger partial charge in [0.1, 0.15) is 5.82 Å². The summed E-state index contributed by atoms with van der Waals surface area (Å²) in [5.41, 5.74) is 7.01. The molecule has 0 saturated heterocycles. The summed E-state index contributed by atoms with van der Waals surface area (Å²) in [6, 6.07) is 2.23. The highest BCUT2D eigenvalue weighted by Crippen LogP contribution is 2.31. The van der Waals surface area contributed by atoms with Gasteiger partial charge in [-0.25, -0.2) is 4.68 Å². The fraction of sp³-hybridized carbons (Fsp3) is 0.700. The number of aromatic nitrogens is 2. The van der Waals surface area contributed by atoms with E-state index in [1.807, 2.05) is 17.7 Å². The van der Waals surface area contributed by atoms with Crippen molar-refractivity contribution < 1.29 is 0 Å². The minimum atomic E-state index is 0.187. The van der Waals surface area contributed by atoms with Crippen LogP contribution in [0.25, 0.3) is 0 Å². The maximum Gasteiger partial charge on any atom is 0.122 e. The molecule has 0 aliphatic carbocycles. The minimum Gasteiger partial charge on any atom is -0.384 e. The summed E-state index contributed by atoms with van der Waals surface area (Å²) in [5.74, 6) is 0.750. The van der Waals surface area contributed by atoms with E-state index in [0.29, 0.717) is 6.04 Å². The lowest BCUT2D eigenvalue weighted by molar-refractivity contribution is 0.247. The molecule has 0 aromatic carbocycles. The van der Waals surface area contributed by atoms with Crippen LogP contribution in [0, 0.1) is 12.3 Å². The first kappa shape index (κ1) is 10.1. The second-order valence-electron chi connectivity index (χ2n) is 4.70. The van der Waals surface area contributed by atoms with E-state index in [2.05, 4.69) is 32.8 Å². The molecule has 0 aliphatic heterocycles. The Morgan fingerprint density at radius 2 is 2.00 bits per heavy atom. The zero-order valence-electron chi connectivity index (χ0n) is 9.13. The van der Waals surface area contributed by atoms with Gasteiger partial charge in [0.25, 0.3) is 0 Å². The Morgan fingerprint density at radius 1 is 1.46 bits per heavy atom. The molecular weight excluding hydrogens is 162 g/mol. The van der Waals surface area contributed by atoms with E-state index in [1.165, 1.54) is 0 Å². The van der Waals surface area contributed by atoms with Crippen molar-refractivity contribution in [2.24, 2.45) is 5.41 Å². The molecule has 1 rings (SSSR count). The molecule has 3 nitrogen and oxygen atoms in total. The largest absolute Gasteiger partial charge is 0.384 e. The molecule has 2 N–H and O–H groups in total. The van der Waals surface area contributed by atoms with Crippen LogP contribution in [0.15, 0.2) is 6.07 Å². The van der Waals surface area contributed by atoms with Crippen molar-refractivity contribution in [2.75, 3.05) is 5.73 Å². The van der Waals surface area contributed by atoms with Crippen molar-refractivity contribution in [1.29, 1.82) is 0 Å². The van der Waals surface area contributed by atoms with Crippen molar-refractivity contribution in [1.82, 2.24) is 9.78 Å². The lowest BCUT2D eigenvalue weighted by Gasteiger charge is -2.28. The average molecular weight is 181 g/mol. The van der Waals surface area contributed by atoms with Gasteiger partial charge in [0.15, 0.2) is 0 Å². The normalized spacial score (nSPS) is 14.5. The maximum atomic E-state index is 5.84. The third-order valence-electron chi connectivity index (χ3n) is 2.51. The van der Waals surface area contributed by atoms with Crippen LogP contribution in [0.5, 0.6) is 0 Å². The van der Waals surface area contributed by atoms with Crippen LogP contribution in [0.1, 0.15) is 39.4 Å². The van der Waals surface area contributed by atoms with Gasteiger partial charge in [-0.2, -0.15) is 5.10 Å². The molecule has 0 amide bonds. The summed E-state index contributed by atoms with van der Waals surface area (Å²) in [7, 11) is 0. The first-order valence-electron chi connectivity index (χ1n) is 4.64. The fourth-order valence-electron chi connectivity index (χ4n) is 1.21. The molecular formula is C10H19N3. The molecule has 3 heteroatoms. The van der Waals surface area contributed by atoms with Gasteiger partial charge in [0.05, 0.1) is 11.7 Å². The van der Waals surface area contributed by atoms with E-state index >= 15 is 0 Å². The van der Waals surface area contributed by atoms with Crippen molar-refractivity contribution in [2.45, 2.75) is 40.7 Å². The van der Waals surface area contributed by atoms with E-state index in [1.54, 1.807) is 0 Å². The number of nitrogens with zero attached hydrogens (tertiary/aromatic N) is 2. The predicted molar refractivity (Wildman–Crippen MR) is 55.5 cm³/mol. The maximum absolute atomic E-state index is 5.84. The lowest BCUT2D eigenvalue weighted by atomic mass is 9.88. The highest BCUT2D eigenvalue weighted by molar-refractivity contribution is 5.30. The van der Waals surface area contributed by atoms with E-state index in [9.17, 15) is 0 Å². The van der Waals surface area contributed by atoms with E-state index in [-0.39, 0.29) is 5.41 Å².